The van der Waals surface area contributed by atoms with E-state index in [1.165, 1.54) is 16.9 Å². The molecule has 6 heteroatoms. The topological polar surface area (TPSA) is 46.5 Å². The summed E-state index contributed by atoms with van der Waals surface area (Å²) in [6.45, 7) is 2.52. The second-order valence-corrected chi connectivity index (χ2v) is 9.18. The number of anilines is 1. The first-order valence-electron chi connectivity index (χ1n) is 10.9. The van der Waals surface area contributed by atoms with Crippen LogP contribution in [0.5, 0.6) is 5.75 Å². The Balaban J connectivity index is 1.37. The third-order valence-electron chi connectivity index (χ3n) is 5.44. The van der Waals surface area contributed by atoms with Gasteiger partial charge in [0, 0.05) is 21.5 Å². The van der Waals surface area contributed by atoms with Gasteiger partial charge in [0.2, 0.25) is 5.13 Å². The highest BCUT2D eigenvalue weighted by Crippen LogP contribution is 2.28. The van der Waals surface area contributed by atoms with Crippen LogP contribution in [-0.4, -0.2) is 11.2 Å². The molecule has 0 aliphatic rings. The number of nitrogens with zero attached hydrogens (tertiary/aromatic N) is 2. The molecule has 0 atom stereocenters. The summed E-state index contributed by atoms with van der Waals surface area (Å²) in [6, 6.07) is 28.3. The van der Waals surface area contributed by atoms with Crippen LogP contribution < -0.4 is 10.2 Å². The SMILES string of the molecule is Cc1ccc(-c2csc(N/N=C\c3c(OCc4ccc(Cl)cc4)ccc4ccccc34)n2)cc1. The predicted octanol–water partition coefficient (Wildman–Crippen LogP) is 7.95. The summed E-state index contributed by atoms with van der Waals surface area (Å²) in [5.74, 6) is 0.763. The van der Waals surface area contributed by atoms with Crippen LogP contribution in [0.4, 0.5) is 5.13 Å². The summed E-state index contributed by atoms with van der Waals surface area (Å²) in [5, 5.41) is 10.2. The molecule has 0 spiro atoms. The fourth-order valence-electron chi connectivity index (χ4n) is 3.61. The molecule has 0 saturated heterocycles. The number of halogens is 1. The monoisotopic (exact) mass is 483 g/mol. The molecule has 0 aliphatic heterocycles. The van der Waals surface area contributed by atoms with Crippen molar-refractivity contribution in [2.24, 2.45) is 5.10 Å². The van der Waals surface area contributed by atoms with Crippen LogP contribution in [0.15, 0.2) is 95.4 Å². The fraction of sp³-hybridized carbons (Fsp3) is 0.0714. The summed E-state index contributed by atoms with van der Waals surface area (Å²) < 4.78 is 6.17. The highest BCUT2D eigenvalue weighted by molar-refractivity contribution is 7.14. The van der Waals surface area contributed by atoms with E-state index in [4.69, 9.17) is 16.3 Å². The summed E-state index contributed by atoms with van der Waals surface area (Å²) in [6.07, 6.45) is 1.80. The van der Waals surface area contributed by atoms with Gasteiger partial charge < -0.3 is 4.74 Å². The van der Waals surface area contributed by atoms with Crippen LogP contribution in [0.25, 0.3) is 22.0 Å². The number of hydrogen-bond donors (Lipinski definition) is 1. The molecule has 1 aromatic heterocycles. The number of fused-ring (bicyclic) bond motifs is 1. The zero-order chi connectivity index (χ0) is 23.3. The minimum atomic E-state index is 0.441. The highest BCUT2D eigenvalue weighted by atomic mass is 35.5. The Hall–Kier alpha value is -3.67. The lowest BCUT2D eigenvalue weighted by Crippen LogP contribution is -2.00. The Kier molecular flexibility index (Phi) is 6.56. The molecule has 0 bridgehead atoms. The van der Waals surface area contributed by atoms with E-state index in [9.17, 15) is 0 Å². The molecule has 4 aromatic carbocycles. The molecule has 5 aromatic rings. The smallest absolute Gasteiger partial charge is 0.203 e. The molecule has 5 rings (SSSR count). The van der Waals surface area contributed by atoms with Gasteiger partial charge in [-0.05, 0) is 41.5 Å². The summed E-state index contributed by atoms with van der Waals surface area (Å²) in [5.41, 5.74) is 8.28. The lowest BCUT2D eigenvalue weighted by Gasteiger charge is -2.12. The van der Waals surface area contributed by atoms with Crippen LogP contribution >= 0.6 is 22.9 Å². The minimum Gasteiger partial charge on any atom is -0.488 e. The number of benzene rings is 4. The van der Waals surface area contributed by atoms with Gasteiger partial charge in [0.25, 0.3) is 0 Å². The molecule has 0 fully saturated rings. The number of thiazole rings is 1. The molecule has 4 nitrogen and oxygen atoms in total. The Labute approximate surface area is 207 Å². The molecule has 0 amide bonds. The quantitative estimate of drug-likeness (QED) is 0.189. The van der Waals surface area contributed by atoms with Crippen molar-refractivity contribution in [2.45, 2.75) is 13.5 Å². The van der Waals surface area contributed by atoms with Gasteiger partial charge >= 0.3 is 0 Å². The van der Waals surface area contributed by atoms with Gasteiger partial charge in [-0.1, -0.05) is 83.9 Å². The van der Waals surface area contributed by atoms with Gasteiger partial charge in [0.15, 0.2) is 0 Å². The normalized spacial score (nSPS) is 11.2. The van der Waals surface area contributed by atoms with Crippen molar-refractivity contribution in [1.82, 2.24) is 4.98 Å². The molecule has 168 valence electrons. The Morgan fingerprint density at radius 2 is 1.76 bits per heavy atom. The predicted molar refractivity (Wildman–Crippen MR) is 143 cm³/mol. The second kappa shape index (κ2) is 10.1. The molecule has 0 aliphatic carbocycles. The lowest BCUT2D eigenvalue weighted by atomic mass is 10.0. The summed E-state index contributed by atoms with van der Waals surface area (Å²) in [7, 11) is 0. The zero-order valence-electron chi connectivity index (χ0n) is 18.5. The zero-order valence-corrected chi connectivity index (χ0v) is 20.1. The average molecular weight is 484 g/mol. The molecule has 0 radical (unpaired) electrons. The van der Waals surface area contributed by atoms with Gasteiger partial charge in [-0.25, -0.2) is 4.98 Å². The van der Waals surface area contributed by atoms with Crippen LogP contribution in [0.3, 0.4) is 0 Å². The second-order valence-electron chi connectivity index (χ2n) is 7.89. The number of rotatable bonds is 7. The van der Waals surface area contributed by atoms with Gasteiger partial charge in [-0.2, -0.15) is 5.10 Å². The molecular formula is C28H22ClN3OS. The van der Waals surface area contributed by atoms with E-state index in [-0.39, 0.29) is 0 Å². The first-order valence-corrected chi connectivity index (χ1v) is 12.1. The molecule has 1 heterocycles. The fourth-order valence-corrected chi connectivity index (χ4v) is 4.40. The van der Waals surface area contributed by atoms with Crippen molar-refractivity contribution in [3.63, 3.8) is 0 Å². The average Bonchev–Trinajstić information content (AvgIpc) is 3.33. The van der Waals surface area contributed by atoms with E-state index in [2.05, 4.69) is 64.9 Å². The van der Waals surface area contributed by atoms with Crippen molar-refractivity contribution < 1.29 is 4.74 Å². The van der Waals surface area contributed by atoms with Gasteiger partial charge in [0.05, 0.1) is 11.9 Å². The van der Waals surface area contributed by atoms with Crippen LogP contribution in [0.1, 0.15) is 16.7 Å². The molecule has 0 unspecified atom stereocenters. The van der Waals surface area contributed by atoms with E-state index in [1.54, 1.807) is 6.21 Å². The minimum absolute atomic E-state index is 0.441. The Bertz CT molecular complexity index is 1440. The first-order chi connectivity index (χ1) is 16.7. The largest absolute Gasteiger partial charge is 0.488 e. The Morgan fingerprint density at radius 3 is 2.59 bits per heavy atom. The number of nitrogens with one attached hydrogen (secondary N) is 1. The van der Waals surface area contributed by atoms with E-state index in [0.717, 1.165) is 44.0 Å². The van der Waals surface area contributed by atoms with E-state index in [0.29, 0.717) is 11.6 Å². The summed E-state index contributed by atoms with van der Waals surface area (Å²) >= 11 is 7.52. The van der Waals surface area contributed by atoms with Gasteiger partial charge in [0.1, 0.15) is 12.4 Å². The number of ether oxygens (including phenoxy) is 1. The van der Waals surface area contributed by atoms with Crippen molar-refractivity contribution in [1.29, 1.82) is 0 Å². The van der Waals surface area contributed by atoms with E-state index in [1.807, 2.05) is 47.8 Å². The maximum Gasteiger partial charge on any atom is 0.203 e. The van der Waals surface area contributed by atoms with Gasteiger partial charge in [-0.3, -0.25) is 5.43 Å². The molecular weight excluding hydrogens is 462 g/mol. The third kappa shape index (κ3) is 5.11. The molecule has 34 heavy (non-hydrogen) atoms. The van der Waals surface area contributed by atoms with Gasteiger partial charge in [-0.15, -0.1) is 11.3 Å². The third-order valence-corrected chi connectivity index (χ3v) is 6.44. The van der Waals surface area contributed by atoms with Crippen LogP contribution in [-0.2, 0) is 6.61 Å². The number of hydrogen-bond acceptors (Lipinski definition) is 5. The van der Waals surface area contributed by atoms with Crippen molar-refractivity contribution in [2.75, 3.05) is 5.43 Å². The number of hydrazone groups is 1. The summed E-state index contributed by atoms with van der Waals surface area (Å²) in [4.78, 5) is 4.66. The number of aryl methyl sites for hydroxylation is 1. The lowest BCUT2D eigenvalue weighted by molar-refractivity contribution is 0.306. The van der Waals surface area contributed by atoms with Crippen molar-refractivity contribution >= 4 is 45.1 Å². The van der Waals surface area contributed by atoms with Crippen molar-refractivity contribution in [3.8, 4) is 17.0 Å². The van der Waals surface area contributed by atoms with Crippen LogP contribution in [0, 0.1) is 6.92 Å². The van der Waals surface area contributed by atoms with Crippen molar-refractivity contribution in [3.05, 3.63) is 112 Å². The Morgan fingerprint density at radius 1 is 0.971 bits per heavy atom. The molecule has 0 saturated carbocycles. The standard InChI is InChI=1S/C28H22ClN3OS/c1-19-6-10-22(11-7-19)26-18-34-28(31-26)32-30-16-25-24-5-3-2-4-21(24)12-15-27(25)33-17-20-8-13-23(29)14-9-20/h2-16,18H,17H2,1H3,(H,31,32)/b30-16-. The first kappa shape index (κ1) is 22.1. The maximum absolute atomic E-state index is 6.17. The number of aromatic nitrogens is 1. The highest BCUT2D eigenvalue weighted by Gasteiger charge is 2.09. The van der Waals surface area contributed by atoms with Crippen LogP contribution in [0.2, 0.25) is 5.02 Å². The van der Waals surface area contributed by atoms with E-state index >= 15 is 0 Å². The maximum atomic E-state index is 6.17. The van der Waals surface area contributed by atoms with E-state index < -0.39 is 0 Å². The molecule has 1 N–H and O–H groups in total.